The lowest BCUT2D eigenvalue weighted by atomic mass is 10.1. The molecule has 0 spiro atoms. The zero-order valence-corrected chi connectivity index (χ0v) is 12.0. The van der Waals surface area contributed by atoms with Crippen LogP contribution in [0.2, 0.25) is 0 Å². The van der Waals surface area contributed by atoms with Gasteiger partial charge in [0.05, 0.1) is 6.10 Å². The maximum Gasteiger partial charge on any atom is 0.131 e. The molecule has 0 radical (unpaired) electrons. The van der Waals surface area contributed by atoms with Gasteiger partial charge in [-0.3, -0.25) is 0 Å². The first kappa shape index (κ1) is 16.4. The van der Waals surface area contributed by atoms with E-state index in [9.17, 15) is 13.9 Å². The van der Waals surface area contributed by atoms with Crippen LogP contribution in [-0.2, 0) is 0 Å². The Labute approximate surface area is 117 Å². The van der Waals surface area contributed by atoms with E-state index in [0.29, 0.717) is 0 Å². The minimum absolute atomic E-state index is 0.135. The van der Waals surface area contributed by atoms with Gasteiger partial charge in [0.2, 0.25) is 0 Å². The molecule has 5 heteroatoms. The molecule has 2 N–H and O–H groups in total. The molecule has 1 aromatic carbocycles. The molecule has 0 heterocycles. The topological polar surface area (TPSA) is 32.3 Å². The first-order chi connectivity index (χ1) is 9.15. The minimum Gasteiger partial charge on any atom is -0.387 e. The Kier molecular flexibility index (Phi) is 8.02. The lowest BCUT2D eigenvalue weighted by Crippen LogP contribution is -2.23. The Hall–Kier alpha value is -0.650. The predicted molar refractivity (Wildman–Crippen MR) is 76.4 cm³/mol. The van der Waals surface area contributed by atoms with Crippen molar-refractivity contribution in [2.75, 3.05) is 25.1 Å². The van der Waals surface area contributed by atoms with E-state index in [-0.39, 0.29) is 12.1 Å². The fraction of sp³-hybridized carbons (Fsp3) is 0.571. The molecule has 1 unspecified atom stereocenters. The van der Waals surface area contributed by atoms with Crippen LogP contribution in [0.1, 0.15) is 30.9 Å². The Balaban J connectivity index is 2.22. The predicted octanol–water partition coefficient (Wildman–Crippen LogP) is 3.12. The third-order valence-corrected chi connectivity index (χ3v) is 3.56. The van der Waals surface area contributed by atoms with Crippen molar-refractivity contribution in [1.29, 1.82) is 0 Å². The molecule has 0 amide bonds. The van der Waals surface area contributed by atoms with E-state index in [2.05, 4.69) is 11.6 Å². The van der Waals surface area contributed by atoms with E-state index in [1.807, 2.05) is 11.8 Å². The van der Waals surface area contributed by atoms with E-state index >= 15 is 0 Å². The van der Waals surface area contributed by atoms with E-state index in [1.54, 1.807) is 0 Å². The molecule has 2 nitrogen and oxygen atoms in total. The van der Waals surface area contributed by atoms with Crippen LogP contribution >= 0.6 is 11.8 Å². The van der Waals surface area contributed by atoms with Crippen LogP contribution < -0.4 is 5.32 Å². The monoisotopic (exact) mass is 289 g/mol. The normalized spacial score (nSPS) is 12.6. The van der Waals surface area contributed by atoms with Crippen molar-refractivity contribution in [3.8, 4) is 0 Å². The fourth-order valence-corrected chi connectivity index (χ4v) is 2.29. The SMILES string of the molecule is CSCCCCCNCC(O)c1ccc(F)cc1F. The molecule has 1 rings (SSSR count). The third kappa shape index (κ3) is 6.36. The van der Waals surface area contributed by atoms with Crippen molar-refractivity contribution in [2.24, 2.45) is 0 Å². The number of hydrogen-bond donors (Lipinski definition) is 2. The molecule has 0 saturated carbocycles. The number of unbranched alkanes of at least 4 members (excludes halogenated alkanes) is 2. The van der Waals surface area contributed by atoms with Gasteiger partial charge in [-0.2, -0.15) is 11.8 Å². The maximum atomic E-state index is 13.4. The van der Waals surface area contributed by atoms with Crippen LogP contribution in [-0.4, -0.2) is 30.2 Å². The summed E-state index contributed by atoms with van der Waals surface area (Å²) >= 11 is 1.84. The van der Waals surface area contributed by atoms with Crippen LogP contribution in [0.4, 0.5) is 8.78 Å². The number of aliphatic hydroxyl groups excluding tert-OH is 1. The largest absolute Gasteiger partial charge is 0.387 e. The summed E-state index contributed by atoms with van der Waals surface area (Å²) in [7, 11) is 0. The number of rotatable bonds is 9. The fourth-order valence-electron chi connectivity index (χ4n) is 1.79. The van der Waals surface area contributed by atoms with Gasteiger partial charge in [-0.25, -0.2) is 8.78 Å². The molecular weight excluding hydrogens is 268 g/mol. The van der Waals surface area contributed by atoms with Crippen LogP contribution in [0, 0.1) is 11.6 Å². The van der Waals surface area contributed by atoms with Gasteiger partial charge in [0, 0.05) is 18.2 Å². The van der Waals surface area contributed by atoms with E-state index in [4.69, 9.17) is 0 Å². The van der Waals surface area contributed by atoms with E-state index in [1.165, 1.54) is 18.2 Å². The molecule has 0 aliphatic rings. The molecular formula is C14H21F2NOS. The van der Waals surface area contributed by atoms with Crippen LogP contribution in [0.15, 0.2) is 18.2 Å². The van der Waals surface area contributed by atoms with Crippen molar-refractivity contribution in [1.82, 2.24) is 5.32 Å². The van der Waals surface area contributed by atoms with Gasteiger partial charge in [0.15, 0.2) is 0 Å². The minimum atomic E-state index is -0.938. The summed E-state index contributed by atoms with van der Waals surface area (Å²) in [6.45, 7) is 1.08. The highest BCUT2D eigenvalue weighted by molar-refractivity contribution is 7.98. The van der Waals surface area contributed by atoms with Gasteiger partial charge in [-0.1, -0.05) is 12.5 Å². The number of nitrogens with one attached hydrogen (secondary N) is 1. The molecule has 0 saturated heterocycles. The molecule has 0 bridgehead atoms. The second-order valence-electron chi connectivity index (χ2n) is 4.44. The van der Waals surface area contributed by atoms with Crippen molar-refractivity contribution >= 4 is 11.8 Å². The lowest BCUT2D eigenvalue weighted by molar-refractivity contribution is 0.170. The molecule has 108 valence electrons. The highest BCUT2D eigenvalue weighted by atomic mass is 32.2. The Morgan fingerprint density at radius 1 is 1.26 bits per heavy atom. The summed E-state index contributed by atoms with van der Waals surface area (Å²) in [6, 6.07) is 3.24. The smallest absolute Gasteiger partial charge is 0.131 e. The highest BCUT2D eigenvalue weighted by Gasteiger charge is 2.12. The van der Waals surface area contributed by atoms with Gasteiger partial charge in [0.25, 0.3) is 0 Å². The first-order valence-electron chi connectivity index (χ1n) is 6.48. The van der Waals surface area contributed by atoms with Crippen LogP contribution in [0.3, 0.4) is 0 Å². The summed E-state index contributed by atoms with van der Waals surface area (Å²) in [5.41, 5.74) is 0.135. The maximum absolute atomic E-state index is 13.4. The van der Waals surface area contributed by atoms with E-state index in [0.717, 1.165) is 31.5 Å². The average molecular weight is 289 g/mol. The highest BCUT2D eigenvalue weighted by Crippen LogP contribution is 2.17. The van der Waals surface area contributed by atoms with Crippen molar-refractivity contribution in [3.05, 3.63) is 35.4 Å². The zero-order chi connectivity index (χ0) is 14.1. The van der Waals surface area contributed by atoms with E-state index < -0.39 is 17.7 Å². The Bertz CT molecular complexity index is 376. The number of halogens is 2. The second kappa shape index (κ2) is 9.28. The number of hydrogen-bond acceptors (Lipinski definition) is 3. The summed E-state index contributed by atoms with van der Waals surface area (Å²) < 4.78 is 26.1. The van der Waals surface area contributed by atoms with Crippen LogP contribution in [0.5, 0.6) is 0 Å². The Morgan fingerprint density at radius 3 is 2.74 bits per heavy atom. The third-order valence-electron chi connectivity index (χ3n) is 2.86. The molecule has 19 heavy (non-hydrogen) atoms. The first-order valence-corrected chi connectivity index (χ1v) is 7.87. The van der Waals surface area contributed by atoms with Gasteiger partial charge < -0.3 is 10.4 Å². The zero-order valence-electron chi connectivity index (χ0n) is 11.2. The average Bonchev–Trinajstić information content (AvgIpc) is 2.37. The molecule has 1 atom stereocenters. The van der Waals surface area contributed by atoms with Crippen molar-refractivity contribution in [2.45, 2.75) is 25.4 Å². The van der Waals surface area contributed by atoms with Gasteiger partial charge in [-0.05, 0) is 37.5 Å². The van der Waals surface area contributed by atoms with Crippen molar-refractivity contribution < 1.29 is 13.9 Å². The summed E-state index contributed by atoms with van der Waals surface area (Å²) in [4.78, 5) is 0. The molecule has 0 aliphatic heterocycles. The second-order valence-corrected chi connectivity index (χ2v) is 5.42. The quantitative estimate of drug-likeness (QED) is 0.685. The molecule has 0 aromatic heterocycles. The Morgan fingerprint density at radius 2 is 2.05 bits per heavy atom. The molecule has 0 aliphatic carbocycles. The lowest BCUT2D eigenvalue weighted by Gasteiger charge is -2.13. The van der Waals surface area contributed by atoms with Gasteiger partial charge in [0.1, 0.15) is 11.6 Å². The van der Waals surface area contributed by atoms with Gasteiger partial charge in [-0.15, -0.1) is 0 Å². The van der Waals surface area contributed by atoms with Crippen molar-refractivity contribution in [3.63, 3.8) is 0 Å². The van der Waals surface area contributed by atoms with Crippen LogP contribution in [0.25, 0.3) is 0 Å². The number of benzene rings is 1. The number of aliphatic hydroxyl groups is 1. The standard InChI is InChI=1S/C14H21F2NOS/c1-19-8-4-2-3-7-17-10-14(18)12-6-5-11(15)9-13(12)16/h5-6,9,14,17-18H,2-4,7-8,10H2,1H3. The summed E-state index contributed by atoms with van der Waals surface area (Å²) in [6.07, 6.45) is 4.53. The van der Waals surface area contributed by atoms with Gasteiger partial charge >= 0.3 is 0 Å². The number of thioether (sulfide) groups is 1. The summed E-state index contributed by atoms with van der Waals surface area (Å²) in [5.74, 6) is -0.159. The molecule has 1 aromatic rings. The summed E-state index contributed by atoms with van der Waals surface area (Å²) in [5, 5.41) is 12.9. The molecule has 0 fully saturated rings.